The van der Waals surface area contributed by atoms with Crippen LogP contribution in [0.5, 0.6) is 5.75 Å². The number of nitrogens with one attached hydrogen (secondary N) is 1. The Morgan fingerprint density at radius 1 is 0.967 bits per heavy atom. The number of ether oxygens (including phenoxy) is 1. The van der Waals surface area contributed by atoms with E-state index in [2.05, 4.69) is 10.2 Å². The average Bonchev–Trinajstić information content (AvgIpc) is 2.76. The fourth-order valence-corrected chi connectivity index (χ4v) is 4.77. The second-order valence-electron chi connectivity index (χ2n) is 7.18. The Labute approximate surface area is 178 Å². The van der Waals surface area contributed by atoms with Gasteiger partial charge in [-0.15, -0.1) is 0 Å². The van der Waals surface area contributed by atoms with Crippen molar-refractivity contribution in [1.82, 2.24) is 9.21 Å². The molecule has 7 nitrogen and oxygen atoms in total. The number of anilines is 1. The standard InChI is InChI=1S/C22H29N3O4S/c1-3-22(26)23-19-7-11-21(12-8-19)30(27,28)25-15-13-24(14-16-25)17-18-5-9-20(10-6-18)29-4-2/h5-12H,3-4,13-17H2,1-2H3,(H,23,26). The fourth-order valence-electron chi connectivity index (χ4n) is 3.35. The van der Waals surface area contributed by atoms with Crippen LogP contribution in [0.25, 0.3) is 0 Å². The zero-order valence-corrected chi connectivity index (χ0v) is 18.3. The Morgan fingerprint density at radius 3 is 2.17 bits per heavy atom. The average molecular weight is 432 g/mol. The molecule has 2 aromatic carbocycles. The van der Waals surface area contributed by atoms with Crippen LogP contribution in [0.2, 0.25) is 0 Å². The van der Waals surface area contributed by atoms with Gasteiger partial charge in [0.25, 0.3) is 0 Å². The minimum Gasteiger partial charge on any atom is -0.494 e. The highest BCUT2D eigenvalue weighted by Crippen LogP contribution is 2.21. The van der Waals surface area contributed by atoms with Crippen LogP contribution < -0.4 is 10.1 Å². The molecule has 2 aromatic rings. The lowest BCUT2D eigenvalue weighted by Crippen LogP contribution is -2.48. The summed E-state index contributed by atoms with van der Waals surface area (Å²) >= 11 is 0. The topological polar surface area (TPSA) is 79.0 Å². The number of nitrogens with zero attached hydrogens (tertiary/aromatic N) is 2. The van der Waals surface area contributed by atoms with Gasteiger partial charge in [-0.2, -0.15) is 4.31 Å². The van der Waals surface area contributed by atoms with E-state index in [9.17, 15) is 13.2 Å². The van der Waals surface area contributed by atoms with Crippen LogP contribution in [0.3, 0.4) is 0 Å². The summed E-state index contributed by atoms with van der Waals surface area (Å²) in [6.07, 6.45) is 0.376. The van der Waals surface area contributed by atoms with Crippen LogP contribution in [-0.2, 0) is 21.4 Å². The number of benzene rings is 2. The molecule has 0 saturated carbocycles. The number of hydrogen-bond acceptors (Lipinski definition) is 5. The Balaban J connectivity index is 1.56. The molecule has 0 atom stereocenters. The van der Waals surface area contributed by atoms with Crippen molar-refractivity contribution >= 4 is 21.6 Å². The van der Waals surface area contributed by atoms with E-state index in [4.69, 9.17) is 4.74 Å². The molecule has 0 bridgehead atoms. The van der Waals surface area contributed by atoms with E-state index in [0.717, 1.165) is 12.3 Å². The first kappa shape index (κ1) is 22.3. The lowest BCUT2D eigenvalue weighted by atomic mass is 10.2. The quantitative estimate of drug-likeness (QED) is 0.695. The second kappa shape index (κ2) is 10.1. The van der Waals surface area contributed by atoms with Crippen molar-refractivity contribution < 1.29 is 17.9 Å². The van der Waals surface area contributed by atoms with Crippen LogP contribution in [0.15, 0.2) is 53.4 Å². The van der Waals surface area contributed by atoms with Crippen LogP contribution in [0.1, 0.15) is 25.8 Å². The highest BCUT2D eigenvalue weighted by Gasteiger charge is 2.28. The van der Waals surface area contributed by atoms with Crippen molar-refractivity contribution in [1.29, 1.82) is 0 Å². The zero-order valence-electron chi connectivity index (χ0n) is 17.5. The highest BCUT2D eigenvalue weighted by molar-refractivity contribution is 7.89. The van der Waals surface area contributed by atoms with Crippen LogP contribution in [-0.4, -0.2) is 56.3 Å². The number of amides is 1. The van der Waals surface area contributed by atoms with E-state index < -0.39 is 10.0 Å². The van der Waals surface area contributed by atoms with Crippen molar-refractivity contribution in [3.63, 3.8) is 0 Å². The Bertz CT molecular complexity index is 935. The summed E-state index contributed by atoms with van der Waals surface area (Å²) in [5, 5.41) is 2.73. The summed E-state index contributed by atoms with van der Waals surface area (Å²) in [5.41, 5.74) is 1.78. The minimum atomic E-state index is -3.54. The molecule has 162 valence electrons. The molecule has 1 aliphatic heterocycles. The van der Waals surface area contributed by atoms with E-state index in [1.165, 1.54) is 9.87 Å². The molecule has 1 saturated heterocycles. The summed E-state index contributed by atoms with van der Waals surface area (Å²) in [6, 6.07) is 14.4. The lowest BCUT2D eigenvalue weighted by Gasteiger charge is -2.34. The van der Waals surface area contributed by atoms with E-state index in [0.29, 0.717) is 44.9 Å². The number of carbonyl (C=O) groups is 1. The first-order valence-electron chi connectivity index (χ1n) is 10.3. The number of sulfonamides is 1. The lowest BCUT2D eigenvalue weighted by molar-refractivity contribution is -0.115. The van der Waals surface area contributed by atoms with Crippen LogP contribution in [0.4, 0.5) is 5.69 Å². The summed E-state index contributed by atoms with van der Waals surface area (Å²) in [6.45, 7) is 7.41. The molecule has 0 spiro atoms. The van der Waals surface area contributed by atoms with E-state index in [1.54, 1.807) is 31.2 Å². The largest absolute Gasteiger partial charge is 0.494 e. The van der Waals surface area contributed by atoms with Gasteiger partial charge in [-0.05, 0) is 48.9 Å². The maximum atomic E-state index is 12.9. The number of rotatable bonds is 8. The number of carbonyl (C=O) groups excluding carboxylic acids is 1. The van der Waals surface area contributed by atoms with E-state index in [1.807, 2.05) is 31.2 Å². The molecule has 1 fully saturated rings. The Kier molecular flexibility index (Phi) is 7.47. The van der Waals surface area contributed by atoms with Gasteiger partial charge in [0.05, 0.1) is 11.5 Å². The van der Waals surface area contributed by atoms with Gasteiger partial charge in [0, 0.05) is 44.8 Å². The normalized spacial score (nSPS) is 15.7. The molecule has 1 amide bonds. The highest BCUT2D eigenvalue weighted by atomic mass is 32.2. The molecular weight excluding hydrogens is 402 g/mol. The van der Waals surface area contributed by atoms with Gasteiger partial charge in [0.1, 0.15) is 5.75 Å². The molecule has 30 heavy (non-hydrogen) atoms. The molecule has 1 N–H and O–H groups in total. The Morgan fingerprint density at radius 2 is 1.60 bits per heavy atom. The maximum absolute atomic E-state index is 12.9. The summed E-state index contributed by atoms with van der Waals surface area (Å²) in [4.78, 5) is 14.0. The molecule has 0 unspecified atom stereocenters. The first-order valence-corrected chi connectivity index (χ1v) is 11.7. The molecule has 0 aromatic heterocycles. The molecular formula is C22H29N3O4S. The van der Waals surface area contributed by atoms with Gasteiger partial charge in [-0.1, -0.05) is 19.1 Å². The Hall–Kier alpha value is -2.42. The number of piperazine rings is 1. The monoisotopic (exact) mass is 431 g/mol. The molecule has 3 rings (SSSR count). The van der Waals surface area contributed by atoms with Gasteiger partial charge >= 0.3 is 0 Å². The number of hydrogen-bond donors (Lipinski definition) is 1. The van der Waals surface area contributed by atoms with Crippen LogP contribution in [0, 0.1) is 0 Å². The maximum Gasteiger partial charge on any atom is 0.243 e. The van der Waals surface area contributed by atoms with Gasteiger partial charge in [-0.3, -0.25) is 9.69 Å². The van der Waals surface area contributed by atoms with Crippen molar-refractivity contribution in [2.45, 2.75) is 31.7 Å². The van der Waals surface area contributed by atoms with Crippen molar-refractivity contribution in [2.75, 3.05) is 38.1 Å². The molecule has 1 aliphatic rings. The third kappa shape index (κ3) is 5.59. The van der Waals surface area contributed by atoms with Gasteiger partial charge in [0.2, 0.25) is 15.9 Å². The zero-order chi connectivity index (χ0) is 21.6. The molecule has 1 heterocycles. The molecule has 8 heteroatoms. The van der Waals surface area contributed by atoms with Crippen molar-refractivity contribution in [3.8, 4) is 5.75 Å². The third-order valence-electron chi connectivity index (χ3n) is 5.07. The second-order valence-corrected chi connectivity index (χ2v) is 9.12. The summed E-state index contributed by atoms with van der Waals surface area (Å²) in [5.74, 6) is 0.756. The van der Waals surface area contributed by atoms with E-state index in [-0.39, 0.29) is 10.8 Å². The molecule has 0 radical (unpaired) electrons. The fraction of sp³-hybridized carbons (Fsp3) is 0.409. The smallest absolute Gasteiger partial charge is 0.243 e. The first-order chi connectivity index (χ1) is 14.4. The minimum absolute atomic E-state index is 0.103. The van der Waals surface area contributed by atoms with Gasteiger partial charge < -0.3 is 10.1 Å². The predicted octanol–water partition coefficient (Wildman–Crippen LogP) is 2.94. The van der Waals surface area contributed by atoms with E-state index >= 15 is 0 Å². The van der Waals surface area contributed by atoms with Crippen molar-refractivity contribution in [2.24, 2.45) is 0 Å². The van der Waals surface area contributed by atoms with Crippen molar-refractivity contribution in [3.05, 3.63) is 54.1 Å². The van der Waals surface area contributed by atoms with Gasteiger partial charge in [0.15, 0.2) is 0 Å². The summed E-state index contributed by atoms with van der Waals surface area (Å²) in [7, 11) is -3.54. The third-order valence-corrected chi connectivity index (χ3v) is 6.98. The van der Waals surface area contributed by atoms with Gasteiger partial charge in [-0.25, -0.2) is 8.42 Å². The molecule has 0 aliphatic carbocycles. The predicted molar refractivity (Wildman–Crippen MR) is 117 cm³/mol. The SMILES string of the molecule is CCOc1ccc(CN2CCN(S(=O)(=O)c3ccc(NC(=O)CC)cc3)CC2)cc1. The summed E-state index contributed by atoms with van der Waals surface area (Å²) < 4.78 is 32.9. The van der Waals surface area contributed by atoms with Crippen LogP contribution >= 0.6 is 0 Å².